The van der Waals surface area contributed by atoms with E-state index in [9.17, 15) is 10.1 Å². The molecule has 4 rings (SSSR count). The average Bonchev–Trinajstić information content (AvgIpc) is 3.01. The first-order valence-electron chi connectivity index (χ1n) is 7.43. The number of carbonyl (C=O) groups excluding carboxylic acids is 1. The Morgan fingerprint density at radius 3 is 2.50 bits per heavy atom. The number of fused-ring (bicyclic) bond motifs is 3. The van der Waals surface area contributed by atoms with Gasteiger partial charge in [0.25, 0.3) is 0 Å². The maximum absolute atomic E-state index is 13.0. The highest BCUT2D eigenvalue weighted by Crippen LogP contribution is 2.29. The zero-order valence-electron chi connectivity index (χ0n) is 12.5. The summed E-state index contributed by atoms with van der Waals surface area (Å²) in [5.74, 6) is -0.125. The first-order valence-corrected chi connectivity index (χ1v) is 7.81. The van der Waals surface area contributed by atoms with E-state index in [1.165, 1.54) is 0 Å². The normalized spacial score (nSPS) is 10.8. The van der Waals surface area contributed by atoms with Crippen LogP contribution in [0.2, 0.25) is 5.02 Å². The molecule has 24 heavy (non-hydrogen) atoms. The first-order chi connectivity index (χ1) is 11.7. The van der Waals surface area contributed by atoms with Gasteiger partial charge in [0, 0.05) is 16.0 Å². The third-order valence-electron chi connectivity index (χ3n) is 4.11. The highest BCUT2D eigenvalue weighted by molar-refractivity contribution is 6.35. The Labute approximate surface area is 143 Å². The fourth-order valence-electron chi connectivity index (χ4n) is 2.99. The molecule has 2 aromatic heterocycles. The van der Waals surface area contributed by atoms with E-state index in [2.05, 4.69) is 6.07 Å². The van der Waals surface area contributed by atoms with Crippen molar-refractivity contribution in [2.45, 2.75) is 0 Å². The molecule has 0 unspecified atom stereocenters. The quantitative estimate of drug-likeness (QED) is 0.493. The summed E-state index contributed by atoms with van der Waals surface area (Å²) >= 11 is 6.28. The molecule has 0 atom stereocenters. The fraction of sp³-hybridized carbons (Fsp3) is 0. The van der Waals surface area contributed by atoms with Crippen molar-refractivity contribution in [2.75, 3.05) is 0 Å². The smallest absolute Gasteiger partial charge is 0.209 e. The maximum Gasteiger partial charge on any atom is 0.209 e. The van der Waals surface area contributed by atoms with Crippen LogP contribution in [-0.4, -0.2) is 10.2 Å². The van der Waals surface area contributed by atoms with Crippen molar-refractivity contribution >= 4 is 33.8 Å². The van der Waals surface area contributed by atoms with Gasteiger partial charge in [-0.3, -0.25) is 4.79 Å². The molecule has 114 valence electrons. The number of nitriles is 1. The van der Waals surface area contributed by atoms with Gasteiger partial charge in [0.15, 0.2) is 0 Å². The monoisotopic (exact) mass is 330 g/mol. The summed E-state index contributed by atoms with van der Waals surface area (Å²) in [4.78, 5) is 13.0. The number of halogens is 1. The molecule has 0 saturated carbocycles. The molecule has 0 N–H and O–H groups in total. The van der Waals surface area contributed by atoms with Gasteiger partial charge in [0.2, 0.25) is 5.78 Å². The number of hydrogen-bond acceptors (Lipinski definition) is 2. The standard InChI is InChI=1S/C20H11ClN2O/c21-16-7-4-8-18-15(16)9-10-17-14(12-22)11-19(23(17)18)20(24)13-5-2-1-3-6-13/h1-11H. The van der Waals surface area contributed by atoms with Crippen LogP contribution in [0.5, 0.6) is 0 Å². The Hall–Kier alpha value is -3.09. The molecule has 2 heterocycles. The molecule has 0 aliphatic heterocycles. The lowest BCUT2D eigenvalue weighted by Crippen LogP contribution is -2.05. The van der Waals surface area contributed by atoms with Gasteiger partial charge in [-0.2, -0.15) is 5.26 Å². The summed E-state index contributed by atoms with van der Waals surface area (Å²) in [5, 5.41) is 10.9. The second kappa shape index (κ2) is 5.52. The van der Waals surface area contributed by atoms with Crippen LogP contribution >= 0.6 is 11.6 Å². The van der Waals surface area contributed by atoms with Gasteiger partial charge in [-0.05, 0) is 30.3 Å². The minimum Gasteiger partial charge on any atom is -0.305 e. The number of carbonyl (C=O) groups is 1. The van der Waals surface area contributed by atoms with Crippen molar-refractivity contribution in [1.82, 2.24) is 4.40 Å². The first kappa shape index (κ1) is 14.5. The van der Waals surface area contributed by atoms with Crippen molar-refractivity contribution in [2.24, 2.45) is 0 Å². The summed E-state index contributed by atoms with van der Waals surface area (Å²) in [6.45, 7) is 0. The molecule has 0 aliphatic carbocycles. The lowest BCUT2D eigenvalue weighted by Gasteiger charge is -2.08. The summed E-state index contributed by atoms with van der Waals surface area (Å²) in [6, 6.07) is 22.1. The van der Waals surface area contributed by atoms with Gasteiger partial charge in [-0.1, -0.05) is 48.0 Å². The molecule has 0 spiro atoms. The number of benzene rings is 2. The van der Waals surface area contributed by atoms with Gasteiger partial charge < -0.3 is 4.40 Å². The molecule has 0 saturated heterocycles. The number of nitrogens with zero attached hydrogens (tertiary/aromatic N) is 2. The highest BCUT2D eigenvalue weighted by Gasteiger charge is 2.18. The minimum atomic E-state index is -0.125. The third-order valence-corrected chi connectivity index (χ3v) is 4.44. The second-order valence-electron chi connectivity index (χ2n) is 5.48. The predicted octanol–water partition coefficient (Wildman–Crippen LogP) is 4.85. The number of aromatic nitrogens is 1. The topological polar surface area (TPSA) is 45.3 Å². The van der Waals surface area contributed by atoms with E-state index < -0.39 is 0 Å². The largest absolute Gasteiger partial charge is 0.305 e. The molecular weight excluding hydrogens is 320 g/mol. The van der Waals surface area contributed by atoms with Gasteiger partial charge >= 0.3 is 0 Å². The number of ketones is 1. The molecule has 4 aromatic rings. The Kier molecular flexibility index (Phi) is 3.34. The van der Waals surface area contributed by atoms with Gasteiger partial charge in [-0.15, -0.1) is 0 Å². The summed E-state index contributed by atoms with van der Waals surface area (Å²) in [7, 11) is 0. The average molecular weight is 331 g/mol. The van der Waals surface area contributed by atoms with Crippen LogP contribution in [0, 0.1) is 11.3 Å². The molecule has 2 aromatic carbocycles. The Morgan fingerprint density at radius 2 is 1.75 bits per heavy atom. The molecule has 0 aliphatic rings. The lowest BCUT2D eigenvalue weighted by molar-refractivity contribution is 0.103. The third kappa shape index (κ3) is 2.09. The number of hydrogen-bond donors (Lipinski definition) is 0. The van der Waals surface area contributed by atoms with E-state index in [0.29, 0.717) is 27.4 Å². The number of pyridine rings is 1. The summed E-state index contributed by atoms with van der Waals surface area (Å²) < 4.78 is 1.81. The van der Waals surface area contributed by atoms with E-state index in [0.717, 1.165) is 10.9 Å². The van der Waals surface area contributed by atoms with Crippen LogP contribution in [-0.2, 0) is 0 Å². The summed E-state index contributed by atoms with van der Waals surface area (Å²) in [6.07, 6.45) is 0. The van der Waals surface area contributed by atoms with Gasteiger partial charge in [-0.25, -0.2) is 0 Å². The van der Waals surface area contributed by atoms with Crippen molar-refractivity contribution in [3.63, 3.8) is 0 Å². The molecule has 3 nitrogen and oxygen atoms in total. The molecule has 0 amide bonds. The summed E-state index contributed by atoms with van der Waals surface area (Å²) in [5.41, 5.74) is 3.02. The van der Waals surface area contributed by atoms with Crippen LogP contribution < -0.4 is 0 Å². The molecule has 0 radical (unpaired) electrons. The Balaban J connectivity index is 2.11. The van der Waals surface area contributed by atoms with Crippen LogP contribution in [0.1, 0.15) is 21.6 Å². The van der Waals surface area contributed by atoms with E-state index >= 15 is 0 Å². The van der Waals surface area contributed by atoms with Crippen LogP contribution in [0.4, 0.5) is 0 Å². The zero-order valence-corrected chi connectivity index (χ0v) is 13.3. The maximum atomic E-state index is 13.0. The second-order valence-corrected chi connectivity index (χ2v) is 5.88. The minimum absolute atomic E-state index is 0.125. The van der Waals surface area contributed by atoms with Crippen molar-refractivity contribution < 1.29 is 4.79 Å². The van der Waals surface area contributed by atoms with Crippen molar-refractivity contribution in [3.8, 4) is 6.07 Å². The van der Waals surface area contributed by atoms with E-state index in [-0.39, 0.29) is 5.78 Å². The molecule has 0 fully saturated rings. The SMILES string of the molecule is N#Cc1cc(C(=O)c2ccccc2)n2c1ccc1c(Cl)cccc12. The molecule has 0 bridgehead atoms. The molecular formula is C20H11ClN2O. The van der Waals surface area contributed by atoms with Crippen LogP contribution in [0.3, 0.4) is 0 Å². The van der Waals surface area contributed by atoms with Crippen molar-refractivity contribution in [1.29, 1.82) is 5.26 Å². The van der Waals surface area contributed by atoms with E-state index in [1.807, 2.05) is 52.9 Å². The van der Waals surface area contributed by atoms with Gasteiger partial charge in [0.05, 0.1) is 22.3 Å². The Bertz CT molecular complexity index is 1140. The van der Waals surface area contributed by atoms with Gasteiger partial charge in [0.1, 0.15) is 6.07 Å². The van der Waals surface area contributed by atoms with E-state index in [4.69, 9.17) is 11.6 Å². The number of rotatable bonds is 2. The Morgan fingerprint density at radius 1 is 0.958 bits per heavy atom. The van der Waals surface area contributed by atoms with Crippen LogP contribution in [0.25, 0.3) is 16.4 Å². The van der Waals surface area contributed by atoms with E-state index in [1.54, 1.807) is 18.2 Å². The fourth-order valence-corrected chi connectivity index (χ4v) is 3.22. The highest BCUT2D eigenvalue weighted by atomic mass is 35.5. The molecule has 4 heteroatoms. The van der Waals surface area contributed by atoms with Crippen molar-refractivity contribution in [3.05, 3.63) is 88.6 Å². The van der Waals surface area contributed by atoms with Crippen LogP contribution in [0.15, 0.2) is 66.7 Å². The predicted molar refractivity (Wildman–Crippen MR) is 94.5 cm³/mol. The lowest BCUT2D eigenvalue weighted by atomic mass is 10.1. The zero-order chi connectivity index (χ0) is 16.7.